The quantitative estimate of drug-likeness (QED) is 0.0568. The zero-order valence-electron chi connectivity index (χ0n) is 56.6. The molecule has 476 valence electrons. The number of Topliss-reactive ketones (excluding diaryl/α,β-unsaturated/α-hetero) is 1. The Morgan fingerprint density at radius 3 is 1.77 bits per heavy atom. The lowest BCUT2D eigenvalue weighted by Gasteiger charge is -2.45. The van der Waals surface area contributed by atoms with Crippen LogP contribution in [-0.2, 0) is 22.9 Å². The summed E-state index contributed by atoms with van der Waals surface area (Å²) in [4.78, 5) is 23.1. The van der Waals surface area contributed by atoms with Crippen LogP contribution in [0.4, 0.5) is 0 Å². The Balaban J connectivity index is 0.000000409. The summed E-state index contributed by atoms with van der Waals surface area (Å²) >= 11 is 4.24. The van der Waals surface area contributed by atoms with Crippen LogP contribution >= 0.6 is 37.2 Å². The maximum Gasteiger partial charge on any atom is 0.270 e. The van der Waals surface area contributed by atoms with Crippen molar-refractivity contribution in [3.63, 3.8) is 0 Å². The topological polar surface area (TPSA) is 130 Å². The first kappa shape index (κ1) is 78.3. The number of carbonyl (C=O) groups excluding carboxylic acids is 2. The Morgan fingerprint density at radius 2 is 1.28 bits per heavy atom. The van der Waals surface area contributed by atoms with Crippen LogP contribution in [0.3, 0.4) is 0 Å². The molecular formula is C70H122I2O8Si3. The summed E-state index contributed by atoms with van der Waals surface area (Å²) in [5.41, 5.74) is 8.81. The molecule has 6 aliphatic rings. The molecule has 13 heteroatoms. The maximum absolute atomic E-state index is 12.3. The normalized spacial score (nSPS) is 29.1. The van der Waals surface area contributed by atoms with Gasteiger partial charge in [0.2, 0.25) is 0 Å². The number of hydrogen-bond donors (Lipinski definition) is 3. The number of hydrogen-bond acceptors (Lipinski definition) is 8. The van der Waals surface area contributed by atoms with Gasteiger partial charge in [-0.1, -0.05) is 142 Å². The number of ketones is 1. The van der Waals surface area contributed by atoms with Gasteiger partial charge >= 0.3 is 0 Å². The highest BCUT2D eigenvalue weighted by molar-refractivity contribution is 15.0. The van der Waals surface area contributed by atoms with Crippen molar-refractivity contribution in [1.82, 2.24) is 0 Å². The lowest BCUT2D eigenvalue weighted by Crippen LogP contribution is -2.46. The molecule has 0 heterocycles. The van der Waals surface area contributed by atoms with Gasteiger partial charge in [-0.05, 0) is 231 Å². The summed E-state index contributed by atoms with van der Waals surface area (Å²) in [6.07, 6.45) is 30.1. The SMILES string of the molecule is C=C1/C(=C\C=C2/CCC[C@]3(C)C([C@@H](C)CCCC(C)(C)O)=CCC23)C[C@H](O)C[C@@H]1O.C=C1/C(=C\CC=O)C[C@H](C(C)(C)C)C[C@@H]1O[Si](C)(C)C(C)(C)C.C[C@@H](CCCC(C)(C)O[Si](C)(C)C)C1=CCC2C(=O)CCC[C@]12C.C[Si](C)=O.II. The van der Waals surface area contributed by atoms with Crippen molar-refractivity contribution in [1.29, 1.82) is 0 Å². The number of aliphatic hydroxyl groups is 3. The summed E-state index contributed by atoms with van der Waals surface area (Å²) in [6.45, 7) is 54.7. The van der Waals surface area contributed by atoms with Crippen molar-refractivity contribution in [3.8, 4) is 0 Å². The van der Waals surface area contributed by atoms with Crippen LogP contribution < -0.4 is 0 Å². The van der Waals surface area contributed by atoms with Crippen molar-refractivity contribution in [2.45, 2.75) is 299 Å². The van der Waals surface area contributed by atoms with Crippen LogP contribution in [0.2, 0.25) is 50.9 Å². The summed E-state index contributed by atoms with van der Waals surface area (Å²) in [6, 6.07) is 0. The third kappa shape index (κ3) is 24.5. The highest BCUT2D eigenvalue weighted by Crippen LogP contribution is 2.58. The lowest BCUT2D eigenvalue weighted by atomic mass is 9.62. The van der Waals surface area contributed by atoms with Crippen LogP contribution in [0, 0.1) is 45.8 Å². The van der Waals surface area contributed by atoms with E-state index < -0.39 is 43.1 Å². The van der Waals surface area contributed by atoms with Crippen LogP contribution in [0.15, 0.2) is 82.5 Å². The Hall–Kier alpha value is -0.769. The minimum Gasteiger partial charge on any atom is -0.413 e. The van der Waals surface area contributed by atoms with E-state index in [0.29, 0.717) is 48.7 Å². The molecule has 6 rings (SSSR count). The zero-order chi connectivity index (χ0) is 63.9. The van der Waals surface area contributed by atoms with E-state index >= 15 is 0 Å². The number of rotatable bonds is 17. The number of halogens is 2. The third-order valence-corrected chi connectivity index (χ3v) is 25.2. The van der Waals surface area contributed by atoms with Crippen molar-refractivity contribution in [3.05, 3.63) is 82.5 Å². The zero-order valence-corrected chi connectivity index (χ0v) is 63.9. The molecular weight excluding hydrogens is 1310 g/mol. The van der Waals surface area contributed by atoms with Gasteiger partial charge in [0.25, 0.3) is 8.68 Å². The van der Waals surface area contributed by atoms with Crippen molar-refractivity contribution in [2.24, 2.45) is 45.8 Å². The van der Waals surface area contributed by atoms with Gasteiger partial charge in [0, 0.05) is 62.4 Å². The number of carbonyl (C=O) groups is 2. The van der Waals surface area contributed by atoms with Gasteiger partial charge in [0.15, 0.2) is 16.6 Å². The highest BCUT2D eigenvalue weighted by Gasteiger charge is 2.49. The van der Waals surface area contributed by atoms with E-state index in [1.165, 1.54) is 43.3 Å². The average molecular weight is 1430 g/mol. The molecule has 6 aliphatic carbocycles. The van der Waals surface area contributed by atoms with Crippen molar-refractivity contribution >= 4 is 74.6 Å². The Labute approximate surface area is 536 Å². The second-order valence-corrected chi connectivity index (χ2v) is 42.3. The molecule has 0 aromatic carbocycles. The van der Waals surface area contributed by atoms with Crippen LogP contribution in [0.1, 0.15) is 219 Å². The van der Waals surface area contributed by atoms with E-state index in [9.17, 15) is 29.4 Å². The molecule has 83 heavy (non-hydrogen) atoms. The minimum absolute atomic E-state index is 0.0124. The number of aliphatic hydroxyl groups excluding tert-OH is 2. The lowest BCUT2D eigenvalue weighted by molar-refractivity contribution is -0.128. The van der Waals surface area contributed by atoms with Gasteiger partial charge in [0.05, 0.1) is 29.5 Å². The first-order valence-corrected chi connectivity index (χ1v) is 46.9. The van der Waals surface area contributed by atoms with Gasteiger partial charge in [0.1, 0.15) is 12.1 Å². The van der Waals surface area contributed by atoms with Crippen LogP contribution in [0.25, 0.3) is 0 Å². The maximum atomic E-state index is 12.3. The molecule has 8 nitrogen and oxygen atoms in total. The summed E-state index contributed by atoms with van der Waals surface area (Å²) in [5.74, 6) is 3.04. The molecule has 4 fully saturated rings. The third-order valence-electron chi connectivity index (χ3n) is 19.6. The molecule has 0 spiro atoms. The standard InChI is InChI=1S/C27H42O3.C21H38O2Si.C20H36O2Si.C2H6OSi.I2/c1-18(8-6-14-26(3,4)30)23-12-13-24-20(9-7-15-27(23,24)5)10-11-21-16-22(28)17-25(29)19(21)2;1-16(10-8-14-20(2,3)23-24(5,6)7)17-12-13-18-19(22)11-9-15-21(17,18)4;1-15-16(11-10-12-21)13-17(19(2,3)4)14-18(15)22-23(8,9)20(5,6)7;1-4(2)3;1-2/h10-12,18,22,24-25,28-30H,2,6-9,13-17H2,1,3-5H3;12,16,18H,8-11,13-15H2,1-7H3;11-12,17-18H,1,10,13-14H2,2-9H3;1-2H3;/b20-10+,21-11-;;16-11-;;/t18-,22-,24?,25-,27+;16-,18?,21+;17-,18-;;/m000../s1. The van der Waals surface area contributed by atoms with E-state index in [2.05, 4.69) is 197 Å². The Kier molecular flexibility index (Phi) is 31.5. The van der Waals surface area contributed by atoms with E-state index in [4.69, 9.17) is 8.85 Å². The average Bonchev–Trinajstić information content (AvgIpc) is 3.46. The molecule has 0 aromatic heterocycles. The first-order chi connectivity index (χ1) is 38.0. The molecule has 0 bridgehead atoms. The van der Waals surface area contributed by atoms with Gasteiger partial charge in [-0.25, -0.2) is 0 Å². The molecule has 2 unspecified atom stereocenters. The molecule has 0 aromatic rings. The monoisotopic (exact) mass is 1430 g/mol. The second-order valence-electron chi connectivity index (χ2n) is 31.3. The first-order valence-electron chi connectivity index (χ1n) is 31.9. The van der Waals surface area contributed by atoms with Gasteiger partial charge in [-0.3, -0.25) is 4.79 Å². The van der Waals surface area contributed by atoms with Gasteiger partial charge in [-0.15, -0.1) is 0 Å². The fourth-order valence-corrected chi connectivity index (χ4v) is 17.1. The van der Waals surface area contributed by atoms with E-state index in [1.807, 2.05) is 13.8 Å². The molecule has 10 atom stereocenters. The predicted molar refractivity (Wildman–Crippen MR) is 377 cm³/mol. The minimum atomic E-state index is -1.84. The molecule has 0 radical (unpaired) electrons. The van der Waals surface area contributed by atoms with Gasteiger partial charge < -0.3 is 33.4 Å². The number of aldehydes is 1. The molecule has 0 saturated heterocycles. The summed E-state index contributed by atoms with van der Waals surface area (Å²) in [5, 5.41) is 30.4. The second kappa shape index (κ2) is 33.3. The smallest absolute Gasteiger partial charge is 0.270 e. The largest absolute Gasteiger partial charge is 0.413 e. The predicted octanol–water partition coefficient (Wildman–Crippen LogP) is 20.1. The van der Waals surface area contributed by atoms with E-state index in [-0.39, 0.29) is 38.9 Å². The van der Waals surface area contributed by atoms with Gasteiger partial charge in [-0.2, -0.15) is 0 Å². The summed E-state index contributed by atoms with van der Waals surface area (Å²) < 4.78 is 22.7. The summed E-state index contributed by atoms with van der Waals surface area (Å²) in [7, 11) is -4.46. The van der Waals surface area contributed by atoms with Crippen LogP contribution in [-0.4, -0.2) is 82.2 Å². The molecule has 0 aliphatic heterocycles. The van der Waals surface area contributed by atoms with Crippen LogP contribution in [0.5, 0.6) is 0 Å². The van der Waals surface area contributed by atoms with E-state index in [1.54, 1.807) is 24.2 Å². The molecule has 3 N–H and O–H groups in total. The van der Waals surface area contributed by atoms with Crippen molar-refractivity contribution in [2.75, 3.05) is 0 Å². The highest BCUT2D eigenvalue weighted by atomic mass is 128. The van der Waals surface area contributed by atoms with E-state index in [0.717, 1.165) is 93.6 Å². The molecule has 0 amide bonds. The fraction of sp³-hybridized carbons (Fsp3) is 0.771. The van der Waals surface area contributed by atoms with Crippen molar-refractivity contribution < 1.29 is 38.2 Å². The Bertz CT molecular complexity index is 2310. The molecule has 4 saturated carbocycles. The number of fused-ring (bicyclic) bond motifs is 2. The Morgan fingerprint density at radius 1 is 0.771 bits per heavy atom. The fourth-order valence-electron chi connectivity index (χ4n) is 14.1. The number of allylic oxidation sites excluding steroid dienone is 8.